The van der Waals surface area contributed by atoms with Crippen LogP contribution < -0.4 is 10.6 Å². The average Bonchev–Trinajstić information content (AvgIpc) is 3.64. The second-order valence-corrected chi connectivity index (χ2v) is 15.5. The minimum absolute atomic E-state index is 0.0603. The van der Waals surface area contributed by atoms with Crippen molar-refractivity contribution in [2.75, 3.05) is 5.32 Å². The number of aliphatic imine (C=N–C) groups is 2. The Labute approximate surface area is 341 Å². The molecule has 0 saturated heterocycles. The lowest BCUT2D eigenvalue weighted by Crippen LogP contribution is -2.33. The summed E-state index contributed by atoms with van der Waals surface area (Å²) in [4.78, 5) is 10.7. The summed E-state index contributed by atoms with van der Waals surface area (Å²) >= 11 is 0. The van der Waals surface area contributed by atoms with Crippen molar-refractivity contribution in [1.29, 1.82) is 0 Å². The zero-order valence-electron chi connectivity index (χ0n) is 32.0. The van der Waals surface area contributed by atoms with E-state index in [1.54, 1.807) is 0 Å². The van der Waals surface area contributed by atoms with E-state index in [2.05, 4.69) is 203 Å². The molecule has 0 amide bonds. The van der Waals surface area contributed by atoms with E-state index in [0.29, 0.717) is 5.84 Å². The fraction of sp³-hybridized carbons (Fsp3) is 0.0370. The fourth-order valence-electron chi connectivity index (χ4n) is 9.23. The minimum Gasteiger partial charge on any atom is -0.374 e. The number of rotatable bonds is 5. The summed E-state index contributed by atoms with van der Waals surface area (Å²) < 4.78 is 2.44. The van der Waals surface area contributed by atoms with Gasteiger partial charge in [0.1, 0.15) is 12.0 Å². The molecule has 1 aromatic heterocycles. The first-order chi connectivity index (χ1) is 29.2. The Hall–Kier alpha value is -7.76. The number of aromatic nitrogens is 1. The second kappa shape index (κ2) is 13.4. The van der Waals surface area contributed by atoms with Crippen molar-refractivity contribution >= 4 is 60.7 Å². The third kappa shape index (κ3) is 5.54. The van der Waals surface area contributed by atoms with Crippen molar-refractivity contribution in [1.82, 2.24) is 9.88 Å². The van der Waals surface area contributed by atoms with E-state index in [1.807, 2.05) is 12.1 Å². The second-order valence-electron chi connectivity index (χ2n) is 15.5. The molecule has 10 aromatic rings. The van der Waals surface area contributed by atoms with E-state index in [4.69, 9.17) is 9.98 Å². The lowest BCUT2D eigenvalue weighted by atomic mass is 9.85. The fourth-order valence-corrected chi connectivity index (χ4v) is 9.23. The molecule has 0 saturated carbocycles. The monoisotopic (exact) mass is 755 g/mol. The van der Waals surface area contributed by atoms with Crippen LogP contribution in [0.1, 0.15) is 40.0 Å². The van der Waals surface area contributed by atoms with E-state index in [-0.39, 0.29) is 12.2 Å². The van der Waals surface area contributed by atoms with Crippen LogP contribution in [-0.4, -0.2) is 16.2 Å². The highest BCUT2D eigenvalue weighted by Gasteiger charge is 2.30. The smallest absolute Gasteiger partial charge is 0.160 e. The number of hydrogen-bond acceptors (Lipinski definition) is 4. The number of nitrogens with one attached hydrogen (secondary N) is 2. The van der Waals surface area contributed by atoms with Gasteiger partial charge >= 0.3 is 0 Å². The summed E-state index contributed by atoms with van der Waals surface area (Å²) in [5.41, 5.74) is 12.5. The third-order valence-corrected chi connectivity index (χ3v) is 12.0. The van der Waals surface area contributed by atoms with Gasteiger partial charge in [-0.15, -0.1) is 0 Å². The van der Waals surface area contributed by atoms with Gasteiger partial charge < -0.3 is 15.2 Å². The number of hydrogen-bond donors (Lipinski definition) is 2. The molecule has 59 heavy (non-hydrogen) atoms. The SMILES string of the molecule is c1ccc(C2=NC(c3cccc4c3c3cc5c(cc3n4-c3ccc4ccccc4c3)C(c3ccc4ccccc4c3)Nc3ccccc3-5)=NC(c3ccccc3)N2)cc1. The summed E-state index contributed by atoms with van der Waals surface area (Å²) in [5.74, 6) is 1.50. The first kappa shape index (κ1) is 33.4. The molecule has 5 heteroatoms. The summed E-state index contributed by atoms with van der Waals surface area (Å²) in [6, 6.07) is 71.8. The van der Waals surface area contributed by atoms with Crippen LogP contribution in [0.4, 0.5) is 5.69 Å². The Morgan fingerprint density at radius 2 is 1.14 bits per heavy atom. The minimum atomic E-state index is -0.309. The molecule has 9 aromatic carbocycles. The van der Waals surface area contributed by atoms with Crippen LogP contribution in [-0.2, 0) is 0 Å². The maximum atomic E-state index is 5.38. The lowest BCUT2D eigenvalue weighted by Gasteiger charge is -2.31. The van der Waals surface area contributed by atoms with Crippen LogP contribution in [0.15, 0.2) is 210 Å². The highest BCUT2D eigenvalue weighted by molar-refractivity contribution is 6.24. The summed E-state index contributed by atoms with van der Waals surface area (Å²) in [5, 5.41) is 14.8. The molecule has 2 atom stereocenters. The van der Waals surface area contributed by atoms with Crippen molar-refractivity contribution in [2.45, 2.75) is 12.2 Å². The quantitative estimate of drug-likeness (QED) is 0.184. The maximum Gasteiger partial charge on any atom is 0.160 e. The number of benzene rings is 9. The first-order valence-electron chi connectivity index (χ1n) is 20.2. The summed E-state index contributed by atoms with van der Waals surface area (Å²) in [7, 11) is 0. The highest BCUT2D eigenvalue weighted by Crippen LogP contribution is 2.47. The molecule has 0 radical (unpaired) electrons. The molecule has 2 N–H and O–H groups in total. The maximum absolute atomic E-state index is 5.38. The topological polar surface area (TPSA) is 53.7 Å². The molecule has 0 bridgehead atoms. The normalized spacial score (nSPS) is 15.9. The predicted octanol–water partition coefficient (Wildman–Crippen LogP) is 12.8. The molecule has 0 spiro atoms. The van der Waals surface area contributed by atoms with Gasteiger partial charge in [-0.3, -0.25) is 0 Å². The van der Waals surface area contributed by atoms with Crippen LogP contribution in [0, 0.1) is 0 Å². The van der Waals surface area contributed by atoms with Gasteiger partial charge in [0.2, 0.25) is 0 Å². The van der Waals surface area contributed by atoms with Crippen LogP contribution in [0.2, 0.25) is 0 Å². The number of anilines is 1. The van der Waals surface area contributed by atoms with Gasteiger partial charge in [0.15, 0.2) is 5.84 Å². The zero-order chi connectivity index (χ0) is 38.9. The molecule has 3 heterocycles. The molecule has 2 aliphatic rings. The number of fused-ring (bicyclic) bond motifs is 8. The molecular formula is C54H37N5. The Bertz CT molecular complexity index is 3340. The molecule has 0 fully saturated rings. The van der Waals surface area contributed by atoms with Gasteiger partial charge in [-0.2, -0.15) is 0 Å². The van der Waals surface area contributed by atoms with Gasteiger partial charge in [0.05, 0.1) is 17.1 Å². The van der Waals surface area contributed by atoms with Crippen LogP contribution in [0.3, 0.4) is 0 Å². The Kier molecular flexibility index (Phi) is 7.60. The van der Waals surface area contributed by atoms with Crippen molar-refractivity contribution in [2.24, 2.45) is 9.98 Å². The highest BCUT2D eigenvalue weighted by atomic mass is 15.2. The van der Waals surface area contributed by atoms with Gasteiger partial charge in [-0.05, 0) is 86.3 Å². The van der Waals surface area contributed by atoms with Crippen molar-refractivity contribution in [3.05, 3.63) is 228 Å². The van der Waals surface area contributed by atoms with E-state index >= 15 is 0 Å². The van der Waals surface area contributed by atoms with Crippen LogP contribution >= 0.6 is 0 Å². The standard InChI is InChI=1S/C54H37N5/c1-3-16-36(17-4-1)52-56-53(37-18-5-2-6-19-37)58-54(57-52)43-23-13-25-48-50(43)46-32-44-42-22-11-12-24-47(42)55-51(40-27-26-34-14-7-9-20-38(34)30-40)45(44)33-49(46)59(48)41-29-28-35-15-8-10-21-39(35)31-41/h1-33,51-52,55H,(H,56,57,58). The van der Waals surface area contributed by atoms with Crippen molar-refractivity contribution in [3.8, 4) is 16.8 Å². The van der Waals surface area contributed by atoms with E-state index in [0.717, 1.165) is 55.7 Å². The van der Waals surface area contributed by atoms with Gasteiger partial charge in [-0.25, -0.2) is 9.98 Å². The van der Waals surface area contributed by atoms with Crippen LogP contribution in [0.25, 0.3) is 60.2 Å². The Balaban J connectivity index is 1.16. The molecule has 2 aliphatic heterocycles. The van der Waals surface area contributed by atoms with Gasteiger partial charge in [0.25, 0.3) is 0 Å². The Morgan fingerprint density at radius 3 is 1.95 bits per heavy atom. The van der Waals surface area contributed by atoms with Crippen molar-refractivity contribution in [3.63, 3.8) is 0 Å². The zero-order valence-corrected chi connectivity index (χ0v) is 32.0. The summed E-state index contributed by atoms with van der Waals surface area (Å²) in [6.45, 7) is 0. The molecule has 12 rings (SSSR count). The molecule has 5 nitrogen and oxygen atoms in total. The number of amidine groups is 2. The predicted molar refractivity (Wildman–Crippen MR) is 245 cm³/mol. The van der Waals surface area contributed by atoms with E-state index in [1.165, 1.54) is 43.8 Å². The third-order valence-electron chi connectivity index (χ3n) is 12.0. The average molecular weight is 756 g/mol. The van der Waals surface area contributed by atoms with Gasteiger partial charge in [-0.1, -0.05) is 158 Å². The molecule has 0 aliphatic carbocycles. The van der Waals surface area contributed by atoms with E-state index < -0.39 is 0 Å². The molecule has 278 valence electrons. The Morgan fingerprint density at radius 1 is 0.458 bits per heavy atom. The first-order valence-corrected chi connectivity index (χ1v) is 20.2. The van der Waals surface area contributed by atoms with E-state index in [9.17, 15) is 0 Å². The lowest BCUT2D eigenvalue weighted by molar-refractivity contribution is 0.674. The van der Waals surface area contributed by atoms with Gasteiger partial charge in [0, 0.05) is 38.8 Å². The number of nitrogens with zero attached hydrogens (tertiary/aromatic N) is 3. The molecule has 2 unspecified atom stereocenters. The van der Waals surface area contributed by atoms with Crippen LogP contribution in [0.5, 0.6) is 0 Å². The number of para-hydroxylation sites is 1. The largest absolute Gasteiger partial charge is 0.374 e. The van der Waals surface area contributed by atoms with Crippen molar-refractivity contribution < 1.29 is 0 Å². The summed E-state index contributed by atoms with van der Waals surface area (Å²) in [6.07, 6.45) is -0.309. The molecular weight excluding hydrogens is 719 g/mol.